The highest BCUT2D eigenvalue weighted by Gasteiger charge is 2.04. The fraction of sp³-hybridized carbons (Fsp3) is 0.200. The molecule has 4 heteroatoms. The second kappa shape index (κ2) is 6.85. The molecule has 0 saturated carbocycles. The van der Waals surface area contributed by atoms with Crippen LogP contribution in [0.25, 0.3) is 0 Å². The van der Waals surface area contributed by atoms with E-state index in [9.17, 15) is 0 Å². The van der Waals surface area contributed by atoms with E-state index in [4.69, 9.17) is 12.2 Å². The molecule has 0 atom stereocenters. The van der Waals surface area contributed by atoms with Crippen LogP contribution in [0.15, 0.2) is 54.7 Å². The molecule has 0 aliphatic heterocycles. The van der Waals surface area contributed by atoms with Crippen molar-refractivity contribution in [1.82, 2.24) is 9.88 Å². The van der Waals surface area contributed by atoms with Gasteiger partial charge in [0.25, 0.3) is 0 Å². The van der Waals surface area contributed by atoms with Gasteiger partial charge < -0.3 is 10.2 Å². The molecule has 0 unspecified atom stereocenters. The Balaban J connectivity index is 1.83. The van der Waals surface area contributed by atoms with Crippen molar-refractivity contribution in [2.24, 2.45) is 0 Å². The van der Waals surface area contributed by atoms with Crippen molar-refractivity contribution in [3.8, 4) is 0 Å². The molecule has 0 spiro atoms. The third-order valence-corrected chi connectivity index (χ3v) is 3.21. The zero-order valence-corrected chi connectivity index (χ0v) is 11.7. The first kappa shape index (κ1) is 13.5. The summed E-state index contributed by atoms with van der Waals surface area (Å²) in [6, 6.07) is 15.9. The topological polar surface area (TPSA) is 28.2 Å². The van der Waals surface area contributed by atoms with Gasteiger partial charge in [-0.25, -0.2) is 0 Å². The Kier molecular flexibility index (Phi) is 4.86. The monoisotopic (exact) mass is 271 g/mol. The van der Waals surface area contributed by atoms with Crippen molar-refractivity contribution in [1.29, 1.82) is 0 Å². The summed E-state index contributed by atoms with van der Waals surface area (Å²) in [7, 11) is 1.99. The lowest BCUT2D eigenvalue weighted by Crippen LogP contribution is -2.32. The minimum atomic E-state index is 0.724. The van der Waals surface area contributed by atoms with Gasteiger partial charge in [-0.15, -0.1) is 0 Å². The molecule has 19 heavy (non-hydrogen) atoms. The van der Waals surface area contributed by atoms with Gasteiger partial charge in [-0.3, -0.25) is 4.98 Å². The second-order valence-corrected chi connectivity index (χ2v) is 4.68. The van der Waals surface area contributed by atoms with Crippen molar-refractivity contribution >= 4 is 23.0 Å². The van der Waals surface area contributed by atoms with Crippen LogP contribution in [0.1, 0.15) is 5.69 Å². The first-order valence-electron chi connectivity index (χ1n) is 6.23. The van der Waals surface area contributed by atoms with Crippen LogP contribution in [-0.4, -0.2) is 28.6 Å². The molecule has 2 rings (SSSR count). The largest absolute Gasteiger partial charge is 0.352 e. The Morgan fingerprint density at radius 3 is 2.58 bits per heavy atom. The maximum Gasteiger partial charge on any atom is 0.173 e. The van der Waals surface area contributed by atoms with Crippen molar-refractivity contribution in [3.63, 3.8) is 0 Å². The molecule has 98 valence electrons. The number of rotatable bonds is 4. The summed E-state index contributed by atoms with van der Waals surface area (Å²) >= 11 is 5.37. The number of thiocarbonyl (C=S) groups is 1. The lowest BCUT2D eigenvalue weighted by molar-refractivity contribution is 0.512. The summed E-state index contributed by atoms with van der Waals surface area (Å²) in [6.07, 6.45) is 2.70. The van der Waals surface area contributed by atoms with Gasteiger partial charge in [0.2, 0.25) is 0 Å². The number of hydrogen-bond acceptors (Lipinski definition) is 2. The Morgan fingerprint density at radius 1 is 1.16 bits per heavy atom. The summed E-state index contributed by atoms with van der Waals surface area (Å²) in [6.45, 7) is 0.843. The molecular formula is C15H17N3S. The van der Waals surface area contributed by atoms with Gasteiger partial charge in [0.1, 0.15) is 0 Å². The summed E-state index contributed by atoms with van der Waals surface area (Å²) in [5.74, 6) is 0. The number of nitrogens with one attached hydrogen (secondary N) is 1. The van der Waals surface area contributed by atoms with Crippen LogP contribution in [0.4, 0.5) is 5.69 Å². The smallest absolute Gasteiger partial charge is 0.173 e. The minimum Gasteiger partial charge on any atom is -0.352 e. The molecule has 1 aromatic heterocycles. The molecule has 0 aliphatic rings. The number of anilines is 1. The van der Waals surface area contributed by atoms with E-state index in [1.54, 1.807) is 0 Å². The Morgan fingerprint density at radius 2 is 1.89 bits per heavy atom. The third-order valence-electron chi connectivity index (χ3n) is 2.80. The highest BCUT2D eigenvalue weighted by Crippen LogP contribution is 2.06. The standard InChI is InChI=1S/C15H17N3S/c1-18(12-10-13-7-5-6-11-16-13)15(19)17-14-8-3-2-4-9-14/h2-9,11H,10,12H2,1H3,(H,17,19). The molecule has 0 bridgehead atoms. The van der Waals surface area contributed by atoms with Crippen LogP contribution in [0, 0.1) is 0 Å². The van der Waals surface area contributed by atoms with Crippen molar-refractivity contribution in [2.45, 2.75) is 6.42 Å². The molecule has 1 aromatic carbocycles. The van der Waals surface area contributed by atoms with E-state index < -0.39 is 0 Å². The van der Waals surface area contributed by atoms with Gasteiger partial charge in [0, 0.05) is 37.6 Å². The van der Waals surface area contributed by atoms with E-state index in [2.05, 4.69) is 10.3 Å². The summed E-state index contributed by atoms with van der Waals surface area (Å²) in [5.41, 5.74) is 2.09. The molecule has 0 aliphatic carbocycles. The van der Waals surface area contributed by atoms with Crippen molar-refractivity contribution < 1.29 is 0 Å². The zero-order chi connectivity index (χ0) is 13.5. The van der Waals surface area contributed by atoms with Crippen molar-refractivity contribution in [2.75, 3.05) is 18.9 Å². The van der Waals surface area contributed by atoms with Crippen LogP contribution in [-0.2, 0) is 6.42 Å². The molecule has 1 N–H and O–H groups in total. The number of benzene rings is 1. The minimum absolute atomic E-state index is 0.724. The van der Waals surface area contributed by atoms with Gasteiger partial charge in [0.15, 0.2) is 5.11 Å². The van der Waals surface area contributed by atoms with E-state index in [-0.39, 0.29) is 0 Å². The predicted molar refractivity (Wildman–Crippen MR) is 83.2 cm³/mol. The van der Waals surface area contributed by atoms with E-state index >= 15 is 0 Å². The SMILES string of the molecule is CN(CCc1ccccn1)C(=S)Nc1ccccc1. The van der Waals surface area contributed by atoms with E-state index in [1.807, 2.05) is 66.7 Å². The van der Waals surface area contributed by atoms with E-state index in [0.717, 1.165) is 29.5 Å². The number of likely N-dealkylation sites (N-methyl/N-ethyl adjacent to an activating group) is 1. The summed E-state index contributed by atoms with van der Waals surface area (Å²) in [5, 5.41) is 3.94. The van der Waals surface area contributed by atoms with Crippen LogP contribution >= 0.6 is 12.2 Å². The lowest BCUT2D eigenvalue weighted by atomic mass is 10.2. The molecule has 1 heterocycles. The first-order chi connectivity index (χ1) is 9.25. The number of aromatic nitrogens is 1. The highest BCUT2D eigenvalue weighted by atomic mass is 32.1. The van der Waals surface area contributed by atoms with Gasteiger partial charge in [-0.1, -0.05) is 24.3 Å². The first-order valence-corrected chi connectivity index (χ1v) is 6.63. The summed E-state index contributed by atoms with van der Waals surface area (Å²) < 4.78 is 0. The average Bonchev–Trinajstić information content (AvgIpc) is 2.47. The Bertz CT molecular complexity index is 513. The fourth-order valence-electron chi connectivity index (χ4n) is 1.67. The average molecular weight is 271 g/mol. The predicted octanol–water partition coefficient (Wildman–Crippen LogP) is 2.95. The number of hydrogen-bond donors (Lipinski definition) is 1. The molecule has 3 nitrogen and oxygen atoms in total. The van der Waals surface area contributed by atoms with E-state index in [0.29, 0.717) is 0 Å². The van der Waals surface area contributed by atoms with Crippen LogP contribution in [0.3, 0.4) is 0 Å². The number of para-hydroxylation sites is 1. The molecular weight excluding hydrogens is 254 g/mol. The maximum atomic E-state index is 5.37. The molecule has 0 amide bonds. The fourth-order valence-corrected chi connectivity index (χ4v) is 1.88. The molecule has 0 fully saturated rings. The quantitative estimate of drug-likeness (QED) is 0.865. The Hall–Kier alpha value is -1.94. The Labute approximate surface area is 119 Å². The number of pyridine rings is 1. The van der Waals surface area contributed by atoms with Crippen LogP contribution < -0.4 is 5.32 Å². The van der Waals surface area contributed by atoms with Gasteiger partial charge in [0.05, 0.1) is 0 Å². The molecule has 0 radical (unpaired) electrons. The molecule has 0 saturated heterocycles. The third kappa shape index (κ3) is 4.34. The second-order valence-electron chi connectivity index (χ2n) is 4.29. The van der Waals surface area contributed by atoms with Gasteiger partial charge in [-0.2, -0.15) is 0 Å². The van der Waals surface area contributed by atoms with Gasteiger partial charge in [-0.05, 0) is 36.5 Å². The zero-order valence-electron chi connectivity index (χ0n) is 10.9. The van der Waals surface area contributed by atoms with Crippen LogP contribution in [0.5, 0.6) is 0 Å². The van der Waals surface area contributed by atoms with E-state index in [1.165, 1.54) is 0 Å². The lowest BCUT2D eigenvalue weighted by Gasteiger charge is -2.20. The maximum absolute atomic E-state index is 5.37. The van der Waals surface area contributed by atoms with Gasteiger partial charge >= 0.3 is 0 Å². The molecule has 2 aromatic rings. The normalized spacial score (nSPS) is 9.95. The van der Waals surface area contributed by atoms with Crippen molar-refractivity contribution in [3.05, 3.63) is 60.4 Å². The highest BCUT2D eigenvalue weighted by molar-refractivity contribution is 7.80. The summed E-state index contributed by atoms with van der Waals surface area (Å²) in [4.78, 5) is 6.33. The van der Waals surface area contributed by atoms with Crippen LogP contribution in [0.2, 0.25) is 0 Å². The number of nitrogens with zero attached hydrogens (tertiary/aromatic N) is 2.